The maximum Gasteiger partial charge on any atom is 0.252 e. The zero-order valence-corrected chi connectivity index (χ0v) is 52.3. The van der Waals surface area contributed by atoms with E-state index in [1.807, 2.05) is 182 Å². The van der Waals surface area contributed by atoms with Gasteiger partial charge in [-0.05, 0) is 33.4 Å². The van der Waals surface area contributed by atoms with E-state index in [2.05, 4.69) is 10.6 Å². The van der Waals surface area contributed by atoms with Crippen LogP contribution in [0.25, 0.3) is 0 Å². The van der Waals surface area contributed by atoms with E-state index in [1.165, 1.54) is 42.7 Å². The highest BCUT2D eigenvalue weighted by Gasteiger charge is 2.62. The summed E-state index contributed by atoms with van der Waals surface area (Å²) >= 11 is 0. The highest BCUT2D eigenvalue weighted by atomic mass is 16.8. The Labute approximate surface area is 532 Å². The summed E-state index contributed by atoms with van der Waals surface area (Å²) in [5.74, 6) is -3.48. The molecule has 3 fully saturated rings. The molecule has 490 valence electrons. The SMILES string of the molecule is COC1C(=O)NC[C@H]2O[C@H](O[C@]3(COCc4ccccc4)O[C@H](CNC(=O)[C@H](OC)[C@@H](OC)C(OC)[C@H](O)[C@@H](O)C(OC)[C@@H]1OC)[C@@H](OCc1ccccc1)[C@@H]3OCc1ccccc1)[C@H](OCc1ccccc1)[C@@H](OCc1ccccc1)[C@@H]2OCc1ccccc1. The molecule has 3 aliphatic rings. The number of benzene rings is 6. The van der Waals surface area contributed by atoms with Gasteiger partial charge in [0, 0.05) is 55.7 Å². The van der Waals surface area contributed by atoms with Crippen molar-refractivity contribution >= 4 is 11.8 Å². The average molecular weight is 1260 g/mol. The molecule has 17 atom stereocenters. The monoisotopic (exact) mass is 1260 g/mol. The van der Waals surface area contributed by atoms with Crippen molar-refractivity contribution in [2.45, 2.75) is 143 Å². The number of carbonyl (C=O) groups excluding carboxylic acids is 2. The summed E-state index contributed by atoms with van der Waals surface area (Å²) in [6.45, 7) is -0.521. The molecule has 3 aliphatic heterocycles. The highest BCUT2D eigenvalue weighted by Crippen LogP contribution is 2.42. The molecular weight excluding hydrogens is 1170 g/mol. The second-order valence-electron chi connectivity index (χ2n) is 22.5. The molecule has 3 saturated heterocycles. The molecule has 4 bridgehead atoms. The Morgan fingerprint density at radius 2 is 0.725 bits per heavy atom. The van der Waals surface area contributed by atoms with Gasteiger partial charge in [0.25, 0.3) is 11.8 Å². The number of rotatable bonds is 25. The Hall–Kier alpha value is -6.42. The predicted octanol–water partition coefficient (Wildman–Crippen LogP) is 6.02. The summed E-state index contributed by atoms with van der Waals surface area (Å²) in [6, 6.07) is 57.6. The molecule has 0 aliphatic carbocycles. The lowest BCUT2D eigenvalue weighted by molar-refractivity contribution is -0.395. The van der Waals surface area contributed by atoms with Crippen molar-refractivity contribution in [3.8, 4) is 0 Å². The van der Waals surface area contributed by atoms with Crippen molar-refractivity contribution in [2.75, 3.05) is 62.4 Å². The quantitative estimate of drug-likeness (QED) is 0.0512. The summed E-state index contributed by atoms with van der Waals surface area (Å²) in [7, 11) is 7.76. The minimum absolute atomic E-state index is 0.0240. The molecule has 0 radical (unpaired) electrons. The first-order chi connectivity index (χ1) is 44.5. The lowest BCUT2D eigenvalue weighted by Crippen LogP contribution is -2.66. The second-order valence-corrected chi connectivity index (χ2v) is 22.5. The molecular formula is C70H86N2O19. The molecule has 21 heteroatoms. The number of hydrogen-bond acceptors (Lipinski definition) is 19. The maximum atomic E-state index is 15.0. The molecule has 21 nitrogen and oxygen atoms in total. The lowest BCUT2D eigenvalue weighted by atomic mass is 9.91. The van der Waals surface area contributed by atoms with Gasteiger partial charge in [0.2, 0.25) is 5.79 Å². The first-order valence-electron chi connectivity index (χ1n) is 30.5. The third-order valence-electron chi connectivity index (χ3n) is 16.5. The Bertz CT molecular complexity index is 3030. The number of ether oxygens (including phenoxy) is 15. The Kier molecular flexibility index (Phi) is 26.5. The summed E-state index contributed by atoms with van der Waals surface area (Å²) < 4.78 is 100. The Balaban J connectivity index is 1.24. The largest absolute Gasteiger partial charge is 0.387 e. The number of nitrogens with one attached hydrogen (secondary N) is 2. The number of methoxy groups -OCH3 is 6. The van der Waals surface area contributed by atoms with Crippen LogP contribution in [0, 0.1) is 0 Å². The van der Waals surface area contributed by atoms with Crippen LogP contribution in [-0.2, 0) is 120 Å². The normalized spacial score (nSPS) is 30.2. The van der Waals surface area contributed by atoms with Crippen LogP contribution in [0.4, 0.5) is 0 Å². The van der Waals surface area contributed by atoms with Crippen molar-refractivity contribution < 1.29 is 90.9 Å². The summed E-state index contributed by atoms with van der Waals surface area (Å²) in [6.07, 6.45) is -21.8. The molecule has 3 heterocycles. The molecule has 9 rings (SSSR count). The molecule has 6 aromatic rings. The topological polar surface area (TPSA) is 237 Å². The van der Waals surface area contributed by atoms with Crippen molar-refractivity contribution in [1.82, 2.24) is 10.6 Å². The van der Waals surface area contributed by atoms with Crippen molar-refractivity contribution in [1.29, 1.82) is 0 Å². The van der Waals surface area contributed by atoms with Crippen LogP contribution >= 0.6 is 0 Å². The van der Waals surface area contributed by atoms with Crippen molar-refractivity contribution in [3.63, 3.8) is 0 Å². The third-order valence-corrected chi connectivity index (χ3v) is 16.5. The number of hydrogen-bond donors (Lipinski definition) is 4. The van der Waals surface area contributed by atoms with Crippen LogP contribution in [0.2, 0.25) is 0 Å². The van der Waals surface area contributed by atoms with E-state index in [0.717, 1.165) is 33.4 Å². The van der Waals surface area contributed by atoms with Gasteiger partial charge in [-0.2, -0.15) is 0 Å². The van der Waals surface area contributed by atoms with Gasteiger partial charge >= 0.3 is 0 Å². The Morgan fingerprint density at radius 3 is 1.11 bits per heavy atom. The maximum absolute atomic E-state index is 15.0. The molecule has 0 spiro atoms. The van der Waals surface area contributed by atoms with Crippen LogP contribution in [0.5, 0.6) is 0 Å². The molecule has 0 saturated carbocycles. The van der Waals surface area contributed by atoms with Gasteiger partial charge in [-0.1, -0.05) is 182 Å². The summed E-state index contributed by atoms with van der Waals surface area (Å²) in [5, 5.41) is 30.4. The predicted molar refractivity (Wildman–Crippen MR) is 331 cm³/mol. The van der Waals surface area contributed by atoms with Gasteiger partial charge in [-0.25, -0.2) is 0 Å². The number of carbonyl (C=O) groups is 2. The van der Waals surface area contributed by atoms with E-state index in [-0.39, 0.29) is 59.3 Å². The van der Waals surface area contributed by atoms with Crippen LogP contribution in [-0.4, -0.2) is 188 Å². The van der Waals surface area contributed by atoms with Gasteiger partial charge in [0.05, 0.1) is 39.6 Å². The molecule has 6 aromatic carbocycles. The van der Waals surface area contributed by atoms with Crippen LogP contribution in [0.15, 0.2) is 182 Å². The third kappa shape index (κ3) is 18.0. The fourth-order valence-electron chi connectivity index (χ4n) is 11.8. The van der Waals surface area contributed by atoms with E-state index < -0.39 is 115 Å². The van der Waals surface area contributed by atoms with E-state index in [4.69, 9.17) is 71.1 Å². The molecule has 0 aromatic heterocycles. The van der Waals surface area contributed by atoms with Gasteiger partial charge < -0.3 is 91.9 Å². The number of fused-ring (bicyclic) bond motifs is 4. The van der Waals surface area contributed by atoms with Crippen molar-refractivity contribution in [2.24, 2.45) is 0 Å². The average Bonchev–Trinajstić information content (AvgIpc) is 1.69. The molecule has 3 unspecified atom stereocenters. The van der Waals surface area contributed by atoms with E-state index in [1.54, 1.807) is 0 Å². The van der Waals surface area contributed by atoms with Crippen LogP contribution < -0.4 is 10.6 Å². The van der Waals surface area contributed by atoms with Crippen LogP contribution in [0.1, 0.15) is 33.4 Å². The fraction of sp³-hybridized carbons (Fsp3) is 0.457. The zero-order chi connectivity index (χ0) is 64.0. The van der Waals surface area contributed by atoms with Gasteiger partial charge in [0.1, 0.15) is 86.0 Å². The highest BCUT2D eigenvalue weighted by molar-refractivity contribution is 5.82. The zero-order valence-electron chi connectivity index (χ0n) is 52.3. The van der Waals surface area contributed by atoms with Gasteiger partial charge in [0.15, 0.2) is 18.5 Å². The van der Waals surface area contributed by atoms with Crippen LogP contribution in [0.3, 0.4) is 0 Å². The van der Waals surface area contributed by atoms with E-state index in [9.17, 15) is 15.0 Å². The molecule has 91 heavy (non-hydrogen) atoms. The summed E-state index contributed by atoms with van der Waals surface area (Å²) in [5.41, 5.74) is 4.97. The number of aliphatic hydroxyl groups is 2. The first kappa shape index (κ1) is 68.9. The minimum Gasteiger partial charge on any atom is -0.387 e. The molecule has 4 N–H and O–H groups in total. The lowest BCUT2D eigenvalue weighted by Gasteiger charge is -2.48. The molecule has 2 amide bonds. The standard InChI is InChI=1S/C70H86N2O19/c1-77-58-54(73)55(74)59(78-2)61(80-4)64(82-6)68(76)72-38-53-57(85-41-48-29-17-9-18-30-48)66(88-44-51-35-23-12-24-36-51)70(90-53,45-83-39-46-25-13-7-14-26-46)91-69-65(87-43-50-33-21-11-22-34-50)62(86-42-49-31-19-10-20-32-49)56(84-40-47-27-15-8-16-28-47)52(89-69)37-71-67(75)63(81-5)60(58)79-3/h7-36,52-66,69,73-74H,37-45H2,1-6H3,(H,71,75)(H,72,76)/t52-,53-,54-,55-,56-,57-,58?,59?,60+,61+,62+,63?,64-,65-,66+,69-,70+/m1/s1. The summed E-state index contributed by atoms with van der Waals surface area (Å²) in [4.78, 5) is 30.0. The first-order valence-corrected chi connectivity index (χ1v) is 30.5. The smallest absolute Gasteiger partial charge is 0.252 e. The van der Waals surface area contributed by atoms with E-state index >= 15 is 4.79 Å². The minimum atomic E-state index is -2.02. The van der Waals surface area contributed by atoms with Gasteiger partial charge in [-0.15, -0.1) is 0 Å². The fourth-order valence-corrected chi connectivity index (χ4v) is 11.8. The van der Waals surface area contributed by atoms with E-state index in [0.29, 0.717) is 0 Å². The Morgan fingerprint density at radius 1 is 0.385 bits per heavy atom. The number of aliphatic hydroxyl groups excluding tert-OH is 2. The van der Waals surface area contributed by atoms with Crippen molar-refractivity contribution in [3.05, 3.63) is 215 Å². The number of amides is 2. The van der Waals surface area contributed by atoms with Gasteiger partial charge in [-0.3, -0.25) is 9.59 Å². The second kappa shape index (κ2) is 35.0.